The van der Waals surface area contributed by atoms with Crippen molar-refractivity contribution in [1.82, 2.24) is 46.2 Å². The van der Waals surface area contributed by atoms with E-state index in [0.29, 0.717) is 91.0 Å². The fourth-order valence-electron chi connectivity index (χ4n) is 9.07. The van der Waals surface area contributed by atoms with Crippen LogP contribution in [0.1, 0.15) is 63.4 Å². The second kappa shape index (κ2) is 30.9. The molecule has 1 saturated heterocycles. The van der Waals surface area contributed by atoms with Crippen molar-refractivity contribution in [3.63, 3.8) is 0 Å². The van der Waals surface area contributed by atoms with Crippen LogP contribution in [0.15, 0.2) is 42.5 Å². The van der Waals surface area contributed by atoms with Gasteiger partial charge in [-0.25, -0.2) is 14.4 Å². The number of amides is 8. The number of aliphatic carboxylic acids is 3. The molecular formula is C49H74N12O13. The van der Waals surface area contributed by atoms with E-state index in [2.05, 4.69) is 26.6 Å². The molecule has 8 amide bonds. The molecule has 1 heterocycles. The first-order valence-electron chi connectivity index (χ1n) is 25.1. The van der Waals surface area contributed by atoms with Crippen LogP contribution in [0.3, 0.4) is 0 Å². The van der Waals surface area contributed by atoms with E-state index in [1.807, 2.05) is 62.1 Å². The van der Waals surface area contributed by atoms with Gasteiger partial charge in [0.2, 0.25) is 35.4 Å². The van der Waals surface area contributed by atoms with Crippen molar-refractivity contribution in [2.24, 2.45) is 29.0 Å². The Hall–Kier alpha value is -6.96. The molecule has 2 aromatic rings. The van der Waals surface area contributed by atoms with Gasteiger partial charge in [0, 0.05) is 84.2 Å². The van der Waals surface area contributed by atoms with E-state index in [4.69, 9.17) is 22.3 Å². The highest BCUT2D eigenvalue weighted by molar-refractivity contribution is 5.90. The highest BCUT2D eigenvalue weighted by Gasteiger charge is 2.31. The molecule has 25 heteroatoms. The van der Waals surface area contributed by atoms with Gasteiger partial charge in [0.15, 0.2) is 0 Å². The standard InChI is InChI=1S/C49H74N12O13/c50-40(62)28-58-17-19-59(29-41(51)63)21-23-61(24-22-60(20-18-58)30-42(52)64)31-43(65)54-27-32-8-12-35(13-9-32)45(68)55-39(26-33-10-11-34-5-1-2-6-36(34)25-33)46(69)53-16-4-3-7-37(47(70)71)56-49(74)57-38(48(72)73)14-15-44(66)67/h1-2,5-6,10-11,25,32,35,37-39H,3-4,7-9,12-24,26-31H2,(H2,50,62)(H2,51,63)(H2,52,64)(H,53,69)(H,54,65)(H,55,68)(H,66,67)(H,70,71)(H,72,73)(H2,56,57,74)/t32?,35?,37-,38-,39-/m0/s1. The molecule has 0 radical (unpaired) electrons. The van der Waals surface area contributed by atoms with Gasteiger partial charge in [-0.3, -0.25) is 53.2 Å². The minimum Gasteiger partial charge on any atom is -0.481 e. The average Bonchev–Trinajstić information content (AvgIpc) is 3.34. The zero-order valence-electron chi connectivity index (χ0n) is 41.8. The molecule has 14 N–H and O–H groups in total. The number of carbonyl (C=O) groups is 10. The van der Waals surface area contributed by atoms with E-state index in [1.165, 1.54) is 0 Å². The SMILES string of the molecule is NC(=O)CN1CCN(CC(N)=O)CCN(CC(=O)NCC2CCC(C(=O)N[C@@H](Cc3ccc4ccccc4c3)C(=O)NCCCC[C@H](NC(=O)N[C@@H](CCC(=O)O)C(=O)O)C(=O)O)CC2)CCN(CC(N)=O)CC1. The van der Waals surface area contributed by atoms with E-state index in [1.54, 1.807) is 0 Å². The van der Waals surface area contributed by atoms with Crippen LogP contribution in [0.25, 0.3) is 10.8 Å². The summed E-state index contributed by atoms with van der Waals surface area (Å²) in [5, 5.41) is 43.0. The van der Waals surface area contributed by atoms with Crippen LogP contribution in [-0.2, 0) is 49.6 Å². The van der Waals surface area contributed by atoms with Gasteiger partial charge in [0.1, 0.15) is 18.1 Å². The van der Waals surface area contributed by atoms with Gasteiger partial charge in [-0.2, -0.15) is 0 Å². The monoisotopic (exact) mass is 1040 g/mol. The third-order valence-electron chi connectivity index (χ3n) is 13.2. The number of carbonyl (C=O) groups excluding carboxylic acids is 7. The molecule has 0 bridgehead atoms. The Morgan fingerprint density at radius 2 is 1.07 bits per heavy atom. The molecule has 2 aromatic carbocycles. The summed E-state index contributed by atoms with van der Waals surface area (Å²) in [6.45, 7) is 3.84. The van der Waals surface area contributed by atoms with E-state index in [-0.39, 0.29) is 75.6 Å². The van der Waals surface area contributed by atoms with Gasteiger partial charge < -0.3 is 59.1 Å². The average molecular weight is 1040 g/mol. The number of urea groups is 1. The minimum atomic E-state index is -1.55. The van der Waals surface area contributed by atoms with E-state index < -0.39 is 78.5 Å². The smallest absolute Gasteiger partial charge is 0.326 e. The highest BCUT2D eigenvalue weighted by Crippen LogP contribution is 2.29. The molecule has 2 aliphatic rings. The predicted molar refractivity (Wildman–Crippen MR) is 270 cm³/mol. The molecule has 0 unspecified atom stereocenters. The molecule has 4 rings (SSSR count). The van der Waals surface area contributed by atoms with Gasteiger partial charge in [-0.1, -0.05) is 42.5 Å². The summed E-state index contributed by atoms with van der Waals surface area (Å²) in [7, 11) is 0. The zero-order valence-corrected chi connectivity index (χ0v) is 41.8. The van der Waals surface area contributed by atoms with Gasteiger partial charge in [0.25, 0.3) is 0 Å². The molecule has 1 saturated carbocycles. The second-order valence-corrected chi connectivity index (χ2v) is 19.1. The number of benzene rings is 2. The zero-order chi connectivity index (χ0) is 54.2. The second-order valence-electron chi connectivity index (χ2n) is 19.1. The molecule has 25 nitrogen and oxygen atoms in total. The number of nitrogens with two attached hydrogens (primary N) is 3. The Balaban J connectivity index is 1.30. The van der Waals surface area contributed by atoms with Crippen molar-refractivity contribution in [3.05, 3.63) is 48.0 Å². The Kier molecular flexibility index (Phi) is 24.9. The molecule has 0 aromatic heterocycles. The van der Waals surface area contributed by atoms with Crippen LogP contribution in [0.4, 0.5) is 4.79 Å². The van der Waals surface area contributed by atoms with Crippen LogP contribution >= 0.6 is 0 Å². The lowest BCUT2D eigenvalue weighted by Gasteiger charge is -2.33. The number of hydrogen-bond acceptors (Lipinski definition) is 14. The molecule has 74 heavy (non-hydrogen) atoms. The molecule has 3 atom stereocenters. The van der Waals surface area contributed by atoms with Gasteiger partial charge in [-0.15, -0.1) is 0 Å². The molecule has 408 valence electrons. The number of hydrogen-bond donors (Lipinski definition) is 11. The first-order chi connectivity index (χ1) is 35.2. The largest absolute Gasteiger partial charge is 0.481 e. The maximum atomic E-state index is 13.8. The summed E-state index contributed by atoms with van der Waals surface area (Å²) in [6, 6.07) is 8.56. The van der Waals surface area contributed by atoms with Crippen molar-refractivity contribution in [2.45, 2.75) is 82.3 Å². The number of unbranched alkanes of at least 4 members (excludes halogenated alkanes) is 1. The lowest BCUT2D eigenvalue weighted by molar-refractivity contribution is -0.141. The summed E-state index contributed by atoms with van der Waals surface area (Å²) in [6.07, 6.45) is 2.09. The van der Waals surface area contributed by atoms with Gasteiger partial charge >= 0.3 is 23.9 Å². The molecule has 1 aliphatic heterocycles. The number of carboxylic acids is 3. The number of carboxylic acid groups (broad SMARTS) is 3. The molecule has 1 aliphatic carbocycles. The summed E-state index contributed by atoms with van der Waals surface area (Å²) in [5.41, 5.74) is 17.4. The highest BCUT2D eigenvalue weighted by atomic mass is 16.4. The summed E-state index contributed by atoms with van der Waals surface area (Å²) < 4.78 is 0. The van der Waals surface area contributed by atoms with Crippen molar-refractivity contribution in [2.75, 3.05) is 91.6 Å². The maximum absolute atomic E-state index is 13.8. The Morgan fingerprint density at radius 3 is 1.57 bits per heavy atom. The first kappa shape index (κ1) is 59.6. The maximum Gasteiger partial charge on any atom is 0.326 e. The summed E-state index contributed by atoms with van der Waals surface area (Å²) in [4.78, 5) is 131. The number of rotatable bonds is 27. The lowest BCUT2D eigenvalue weighted by Crippen LogP contribution is -2.51. The van der Waals surface area contributed by atoms with Crippen LogP contribution < -0.4 is 43.8 Å². The van der Waals surface area contributed by atoms with Crippen molar-refractivity contribution < 1.29 is 63.3 Å². The lowest BCUT2D eigenvalue weighted by atomic mass is 9.81. The van der Waals surface area contributed by atoms with Gasteiger partial charge in [0.05, 0.1) is 26.2 Å². The van der Waals surface area contributed by atoms with Crippen molar-refractivity contribution >= 4 is 70.2 Å². The third kappa shape index (κ3) is 22.4. The molecular weight excluding hydrogens is 965 g/mol. The van der Waals surface area contributed by atoms with E-state index in [9.17, 15) is 58.2 Å². The Bertz CT molecular complexity index is 2230. The predicted octanol–water partition coefficient (Wildman–Crippen LogP) is -2.18. The van der Waals surface area contributed by atoms with Gasteiger partial charge in [-0.05, 0) is 73.6 Å². The van der Waals surface area contributed by atoms with E-state index in [0.717, 1.165) is 16.3 Å². The van der Waals surface area contributed by atoms with Crippen LogP contribution in [0, 0.1) is 11.8 Å². The minimum absolute atomic E-state index is 0.00294. The van der Waals surface area contributed by atoms with Crippen LogP contribution in [-0.4, -0.2) is 204 Å². The fourth-order valence-corrected chi connectivity index (χ4v) is 9.07. The van der Waals surface area contributed by atoms with E-state index >= 15 is 0 Å². The summed E-state index contributed by atoms with van der Waals surface area (Å²) in [5.74, 6) is -6.85. The Labute approximate surface area is 429 Å². The normalized spacial score (nSPS) is 18.8. The number of fused-ring (bicyclic) bond motifs is 1. The molecule has 2 fully saturated rings. The number of nitrogens with one attached hydrogen (secondary N) is 5. The third-order valence-corrected chi connectivity index (χ3v) is 13.2. The topological polar surface area (TPSA) is 383 Å². The number of primary amides is 3. The molecule has 0 spiro atoms. The van der Waals surface area contributed by atoms with Crippen LogP contribution in [0.2, 0.25) is 0 Å². The van der Waals surface area contributed by atoms with Crippen molar-refractivity contribution in [3.8, 4) is 0 Å². The summed E-state index contributed by atoms with van der Waals surface area (Å²) >= 11 is 0. The Morgan fingerprint density at radius 1 is 0.568 bits per heavy atom. The fraction of sp³-hybridized carbons (Fsp3) is 0.592. The quantitative estimate of drug-likeness (QED) is 0.0424. The van der Waals surface area contributed by atoms with Crippen LogP contribution in [0.5, 0.6) is 0 Å². The first-order valence-corrected chi connectivity index (χ1v) is 25.1. The number of nitrogens with zero attached hydrogens (tertiary/aromatic N) is 4. The van der Waals surface area contributed by atoms with Crippen molar-refractivity contribution in [1.29, 1.82) is 0 Å².